The third kappa shape index (κ3) is 4.03. The lowest BCUT2D eigenvalue weighted by Gasteiger charge is -2.33. The highest BCUT2D eigenvalue weighted by Crippen LogP contribution is 2.34. The van der Waals surface area contributed by atoms with E-state index in [-0.39, 0.29) is 5.60 Å². The molecule has 2 N–H and O–H groups in total. The van der Waals surface area contributed by atoms with Crippen molar-refractivity contribution in [1.82, 2.24) is 0 Å². The molecule has 0 amide bonds. The van der Waals surface area contributed by atoms with Crippen LogP contribution in [0.2, 0.25) is 0 Å². The van der Waals surface area contributed by atoms with Gasteiger partial charge in [-0.25, -0.2) is 4.98 Å². The van der Waals surface area contributed by atoms with Crippen molar-refractivity contribution >= 4 is 5.82 Å². The summed E-state index contributed by atoms with van der Waals surface area (Å²) in [5, 5.41) is 13.2. The maximum absolute atomic E-state index is 9.73. The number of anilines is 1. The van der Waals surface area contributed by atoms with Gasteiger partial charge in [-0.05, 0) is 31.7 Å². The number of pyridine rings is 1. The molecule has 4 nitrogen and oxygen atoms in total. The molecule has 0 aromatic carbocycles. The number of hydrogen-bond donors (Lipinski definition) is 1. The zero-order chi connectivity index (χ0) is 17.2. The summed E-state index contributed by atoms with van der Waals surface area (Å²) < 4.78 is 5.98. The van der Waals surface area contributed by atoms with E-state index in [4.69, 9.17) is 4.74 Å². The third-order valence-electron chi connectivity index (χ3n) is 4.42. The summed E-state index contributed by atoms with van der Waals surface area (Å²) in [6.45, 7) is 14.4. The lowest BCUT2D eigenvalue weighted by Crippen LogP contribution is -2.36. The molecule has 0 fully saturated rings. The number of nitrogens with zero attached hydrogens (tertiary/aromatic N) is 1. The predicted molar refractivity (Wildman–Crippen MR) is 92.3 cm³/mol. The molecule has 126 valence electrons. The van der Waals surface area contributed by atoms with Gasteiger partial charge >= 0.3 is 0 Å². The molecule has 4 heteroatoms. The number of ether oxygens (including phenoxy) is 1. The van der Waals surface area contributed by atoms with Crippen molar-refractivity contribution in [3.05, 3.63) is 22.4 Å². The number of aromatic nitrogens is 1. The smallest absolute Gasteiger partial charge is 0.290 e. The van der Waals surface area contributed by atoms with Gasteiger partial charge in [0.25, 0.3) is 5.82 Å². The summed E-state index contributed by atoms with van der Waals surface area (Å²) in [7, 11) is 0. The Morgan fingerprint density at radius 3 is 2.52 bits per heavy atom. The number of nitriles is 1. The Morgan fingerprint density at radius 2 is 1.96 bits per heavy atom. The predicted octanol–water partition coefficient (Wildman–Crippen LogP) is 3.81. The monoisotopic (exact) mass is 316 g/mol. The first-order valence-corrected chi connectivity index (χ1v) is 8.64. The van der Waals surface area contributed by atoms with Crippen LogP contribution >= 0.6 is 0 Å². The zero-order valence-corrected chi connectivity index (χ0v) is 15.3. The Bertz CT molecular complexity index is 612. The Hall–Kier alpha value is -1.60. The highest BCUT2D eigenvalue weighted by molar-refractivity contribution is 5.56. The molecule has 23 heavy (non-hydrogen) atoms. The Balaban J connectivity index is 2.47. The van der Waals surface area contributed by atoms with E-state index in [1.54, 1.807) is 0 Å². The molecule has 0 radical (unpaired) electrons. The van der Waals surface area contributed by atoms with Crippen molar-refractivity contribution < 1.29 is 9.72 Å². The molecular formula is C19H30N3O+. The minimum absolute atomic E-state index is 0.219. The molecule has 2 heterocycles. The molecule has 1 aliphatic rings. The molecule has 1 aromatic rings. The Morgan fingerprint density at radius 1 is 1.26 bits per heavy atom. The number of nitrogens with one attached hydrogen (secondary N) is 2. The van der Waals surface area contributed by atoms with Crippen LogP contribution in [0, 0.1) is 17.2 Å². The van der Waals surface area contributed by atoms with Crippen LogP contribution in [0.3, 0.4) is 0 Å². The van der Waals surface area contributed by atoms with Gasteiger partial charge in [-0.1, -0.05) is 27.7 Å². The molecule has 1 aromatic heterocycles. The summed E-state index contributed by atoms with van der Waals surface area (Å²) in [5.41, 5.74) is 4.04. The maximum Gasteiger partial charge on any atom is 0.290 e. The van der Waals surface area contributed by atoms with Gasteiger partial charge in [0, 0.05) is 17.9 Å². The van der Waals surface area contributed by atoms with Crippen molar-refractivity contribution in [3.63, 3.8) is 0 Å². The van der Waals surface area contributed by atoms with Gasteiger partial charge < -0.3 is 4.74 Å². The fraction of sp³-hybridized carbons (Fsp3) is 0.684. The van der Waals surface area contributed by atoms with Crippen LogP contribution in [0.15, 0.2) is 0 Å². The first kappa shape index (κ1) is 17.7. The van der Waals surface area contributed by atoms with Crippen LogP contribution in [-0.2, 0) is 17.8 Å². The molecule has 2 rings (SSSR count). The third-order valence-corrected chi connectivity index (χ3v) is 4.42. The minimum Gasteiger partial charge on any atom is -0.370 e. The van der Waals surface area contributed by atoms with E-state index in [2.05, 4.69) is 57.9 Å². The second-order valence-electron chi connectivity index (χ2n) is 7.85. The number of aromatic amines is 1. The van der Waals surface area contributed by atoms with Crippen LogP contribution in [0.1, 0.15) is 76.3 Å². The minimum atomic E-state index is -0.219. The van der Waals surface area contributed by atoms with Crippen LogP contribution < -0.4 is 10.3 Å². The van der Waals surface area contributed by atoms with Crippen LogP contribution in [-0.4, -0.2) is 12.1 Å². The average Bonchev–Trinajstić information content (AvgIpc) is 2.44. The van der Waals surface area contributed by atoms with E-state index in [0.717, 1.165) is 36.3 Å². The second kappa shape index (κ2) is 6.88. The summed E-state index contributed by atoms with van der Waals surface area (Å²) in [5.74, 6) is 1.88. The van der Waals surface area contributed by atoms with E-state index in [1.165, 1.54) is 11.3 Å². The molecule has 0 saturated carbocycles. The number of H-pyrrole nitrogens is 1. The molecule has 0 bridgehead atoms. The summed E-state index contributed by atoms with van der Waals surface area (Å²) >= 11 is 0. The van der Waals surface area contributed by atoms with Crippen molar-refractivity contribution in [2.45, 2.75) is 72.5 Å². The van der Waals surface area contributed by atoms with Crippen molar-refractivity contribution in [2.24, 2.45) is 5.92 Å². The molecular weight excluding hydrogens is 286 g/mol. The highest BCUT2D eigenvalue weighted by atomic mass is 16.5. The van der Waals surface area contributed by atoms with E-state index in [0.29, 0.717) is 18.4 Å². The second-order valence-corrected chi connectivity index (χ2v) is 7.85. The van der Waals surface area contributed by atoms with E-state index >= 15 is 0 Å². The summed E-state index contributed by atoms with van der Waals surface area (Å²) in [6, 6.07) is 2.42. The molecule has 0 aliphatic carbocycles. The zero-order valence-electron chi connectivity index (χ0n) is 15.3. The van der Waals surface area contributed by atoms with Gasteiger partial charge in [-0.15, -0.1) is 0 Å². The molecule has 0 atom stereocenters. The fourth-order valence-electron chi connectivity index (χ4n) is 3.08. The number of hydrogen-bond acceptors (Lipinski definition) is 3. The first-order valence-electron chi connectivity index (χ1n) is 8.64. The van der Waals surface area contributed by atoms with Crippen LogP contribution in [0.4, 0.5) is 5.82 Å². The Kier molecular flexibility index (Phi) is 5.31. The maximum atomic E-state index is 9.73. The van der Waals surface area contributed by atoms with E-state index in [1.807, 2.05) is 0 Å². The lowest BCUT2D eigenvalue weighted by molar-refractivity contribution is -0.378. The summed E-state index contributed by atoms with van der Waals surface area (Å²) in [4.78, 5) is 3.48. The number of fused-ring (bicyclic) bond motifs is 1. The Labute approximate surface area is 140 Å². The van der Waals surface area contributed by atoms with Gasteiger partial charge in [-0.2, -0.15) is 5.26 Å². The largest absolute Gasteiger partial charge is 0.370 e. The number of rotatable bonds is 5. The van der Waals surface area contributed by atoms with Crippen molar-refractivity contribution in [1.29, 1.82) is 5.26 Å². The normalized spacial score (nSPS) is 16.3. The standard InChI is InChI=1S/C19H29N3O/c1-12(2)7-8-21-18-15(10-20)14-9-19(5,6)23-11-16(14)17(22-18)13(3)4/h12-13H,7-9,11H2,1-6H3,(H,21,22)/p+1. The average molecular weight is 316 g/mol. The molecule has 1 aliphatic heterocycles. The molecule has 0 unspecified atom stereocenters. The van der Waals surface area contributed by atoms with Gasteiger partial charge in [0.1, 0.15) is 17.3 Å². The van der Waals surface area contributed by atoms with E-state index < -0.39 is 0 Å². The highest BCUT2D eigenvalue weighted by Gasteiger charge is 2.34. The van der Waals surface area contributed by atoms with Gasteiger partial charge in [-0.3, -0.25) is 5.32 Å². The SMILES string of the molecule is CC(C)CCNc1[nH+]c(C(C)C)c2c(c1C#N)CC(C)(C)OC2. The molecule has 0 saturated heterocycles. The van der Waals surface area contributed by atoms with Gasteiger partial charge in [0.2, 0.25) is 0 Å². The fourth-order valence-corrected chi connectivity index (χ4v) is 3.08. The van der Waals surface area contributed by atoms with Crippen molar-refractivity contribution in [2.75, 3.05) is 11.9 Å². The van der Waals surface area contributed by atoms with Gasteiger partial charge in [0.15, 0.2) is 0 Å². The van der Waals surface area contributed by atoms with E-state index in [9.17, 15) is 5.26 Å². The van der Waals surface area contributed by atoms with Crippen LogP contribution in [0.5, 0.6) is 0 Å². The van der Waals surface area contributed by atoms with Gasteiger partial charge in [0.05, 0.1) is 18.8 Å². The van der Waals surface area contributed by atoms with Crippen LogP contribution in [0.25, 0.3) is 0 Å². The summed E-state index contributed by atoms with van der Waals surface area (Å²) in [6.07, 6.45) is 1.86. The topological polar surface area (TPSA) is 59.2 Å². The first-order chi connectivity index (χ1) is 10.7. The molecule has 0 spiro atoms. The van der Waals surface area contributed by atoms with Crippen molar-refractivity contribution in [3.8, 4) is 6.07 Å². The quantitative estimate of drug-likeness (QED) is 0.898. The lowest BCUT2D eigenvalue weighted by atomic mass is 9.86.